The molecule has 0 aliphatic heterocycles. The molecule has 0 atom stereocenters. The summed E-state index contributed by atoms with van der Waals surface area (Å²) in [5.74, 6) is -0.399. The van der Waals surface area contributed by atoms with Gasteiger partial charge >= 0.3 is 5.97 Å². The van der Waals surface area contributed by atoms with Gasteiger partial charge in [-0.25, -0.2) is 0 Å². The number of carbonyl (C=O) groups excluding carboxylic acids is 2. The molecule has 5 heteroatoms. The van der Waals surface area contributed by atoms with Crippen molar-refractivity contribution in [3.63, 3.8) is 0 Å². The lowest BCUT2D eigenvalue weighted by Crippen LogP contribution is -2.45. The second kappa shape index (κ2) is 8.49. The second-order valence-electron chi connectivity index (χ2n) is 8.05. The third-order valence-corrected chi connectivity index (χ3v) is 5.68. The first-order valence-electron chi connectivity index (χ1n) is 9.01. The van der Waals surface area contributed by atoms with Gasteiger partial charge < -0.3 is 9.64 Å². The lowest BCUT2D eigenvalue weighted by Gasteiger charge is -2.33. The van der Waals surface area contributed by atoms with Crippen LogP contribution >= 0.6 is 0 Å². The van der Waals surface area contributed by atoms with E-state index >= 15 is 0 Å². The Morgan fingerprint density at radius 1 is 1.12 bits per heavy atom. The quantitative estimate of drug-likeness (QED) is 0.414. The molecule has 1 aliphatic carbocycles. The third kappa shape index (κ3) is 5.43. The summed E-state index contributed by atoms with van der Waals surface area (Å²) >= 11 is 0. The van der Waals surface area contributed by atoms with Gasteiger partial charge in [0.15, 0.2) is 0 Å². The maximum Gasteiger partial charge on any atom is 0.320 e. The fourth-order valence-corrected chi connectivity index (χ4v) is 4.61. The number of amides is 1. The number of allylic oxidation sites excluding steroid dienone is 2. The zero-order chi connectivity index (χ0) is 19.2. The molecular formula is C21H29NO3Si. The molecule has 0 saturated heterocycles. The molecule has 0 unspecified atom stereocenters. The van der Waals surface area contributed by atoms with Gasteiger partial charge in [0.25, 0.3) is 0 Å². The molecule has 1 amide bonds. The Bertz CT molecular complexity index is 677. The molecule has 0 spiro atoms. The molecule has 0 fully saturated rings. The van der Waals surface area contributed by atoms with Crippen molar-refractivity contribution in [2.45, 2.75) is 39.0 Å². The Morgan fingerprint density at radius 2 is 1.73 bits per heavy atom. The van der Waals surface area contributed by atoms with Crippen LogP contribution in [0.4, 0.5) is 0 Å². The zero-order valence-electron chi connectivity index (χ0n) is 16.2. The topological polar surface area (TPSA) is 46.6 Å². The Kier molecular flexibility index (Phi) is 6.59. The monoisotopic (exact) mass is 371 g/mol. The molecule has 0 aromatic heterocycles. The summed E-state index contributed by atoms with van der Waals surface area (Å²) in [7, 11) is -0.140. The molecule has 4 nitrogen and oxygen atoms in total. The van der Waals surface area contributed by atoms with Crippen molar-refractivity contribution in [2.24, 2.45) is 5.41 Å². The first kappa shape index (κ1) is 20.2. The van der Waals surface area contributed by atoms with Crippen molar-refractivity contribution < 1.29 is 14.3 Å². The van der Waals surface area contributed by atoms with E-state index in [9.17, 15) is 9.59 Å². The van der Waals surface area contributed by atoms with E-state index in [2.05, 4.69) is 19.6 Å². The molecule has 0 saturated carbocycles. The van der Waals surface area contributed by atoms with Crippen LogP contribution in [0.15, 0.2) is 54.6 Å². The first-order chi connectivity index (χ1) is 12.3. The predicted octanol–water partition coefficient (Wildman–Crippen LogP) is 3.96. The summed E-state index contributed by atoms with van der Waals surface area (Å²) < 4.78 is 4.99. The number of rotatable bonds is 7. The standard InChI is InChI=1S/C21H29NO3Si/c1-25-20(24)21(13-9-6-10-14-21)15-19(23)22(17-26(2,3)4)16-18-11-7-5-8-12-18/h5,7-14H,6,15-17H2,1-4H3. The fraction of sp³-hybridized carbons (Fsp3) is 0.429. The van der Waals surface area contributed by atoms with E-state index in [0.29, 0.717) is 6.54 Å². The van der Waals surface area contributed by atoms with Crippen molar-refractivity contribution in [1.82, 2.24) is 4.90 Å². The number of carbonyl (C=O) groups is 2. The molecule has 1 aromatic carbocycles. The van der Waals surface area contributed by atoms with Gasteiger partial charge in [-0.1, -0.05) is 74.3 Å². The largest absolute Gasteiger partial charge is 0.468 e. The molecule has 2 rings (SSSR count). The summed E-state index contributed by atoms with van der Waals surface area (Å²) in [6.07, 6.45) is 9.09. The highest BCUT2D eigenvalue weighted by atomic mass is 28.3. The van der Waals surface area contributed by atoms with Crippen LogP contribution in [0, 0.1) is 5.41 Å². The van der Waals surface area contributed by atoms with Gasteiger partial charge in [-0.2, -0.15) is 0 Å². The Hall–Kier alpha value is -2.14. The average molecular weight is 372 g/mol. The van der Waals surface area contributed by atoms with Gasteiger partial charge in [0, 0.05) is 19.1 Å². The van der Waals surface area contributed by atoms with E-state index in [1.807, 2.05) is 59.5 Å². The van der Waals surface area contributed by atoms with Gasteiger partial charge in [-0.3, -0.25) is 9.59 Å². The van der Waals surface area contributed by atoms with Gasteiger partial charge in [0.1, 0.15) is 5.41 Å². The highest BCUT2D eigenvalue weighted by molar-refractivity contribution is 6.76. The minimum atomic E-state index is -1.51. The Balaban J connectivity index is 2.24. The van der Waals surface area contributed by atoms with Gasteiger partial charge in [0.05, 0.1) is 15.2 Å². The zero-order valence-corrected chi connectivity index (χ0v) is 17.2. The van der Waals surface area contributed by atoms with Gasteiger partial charge in [0.2, 0.25) is 5.91 Å². The SMILES string of the molecule is COC(=O)C1(CC(=O)N(Cc2ccccc2)C[Si](C)(C)C)C=CCC=C1. The smallest absolute Gasteiger partial charge is 0.320 e. The third-order valence-electron chi connectivity index (χ3n) is 4.35. The highest BCUT2D eigenvalue weighted by Gasteiger charge is 2.39. The molecule has 1 aromatic rings. The van der Waals surface area contributed by atoms with Crippen LogP contribution in [0.1, 0.15) is 18.4 Å². The Morgan fingerprint density at radius 3 is 2.27 bits per heavy atom. The average Bonchev–Trinajstić information content (AvgIpc) is 2.61. The lowest BCUT2D eigenvalue weighted by atomic mass is 9.80. The Labute approximate surface area is 157 Å². The van der Waals surface area contributed by atoms with E-state index in [1.54, 1.807) is 0 Å². The van der Waals surface area contributed by atoms with Gasteiger partial charge in [-0.05, 0) is 12.0 Å². The lowest BCUT2D eigenvalue weighted by molar-refractivity contribution is -0.151. The van der Waals surface area contributed by atoms with Crippen molar-refractivity contribution in [3.05, 3.63) is 60.2 Å². The van der Waals surface area contributed by atoms with Crippen LogP contribution in [0.25, 0.3) is 0 Å². The maximum absolute atomic E-state index is 13.2. The van der Waals surface area contributed by atoms with Crippen LogP contribution in [0.3, 0.4) is 0 Å². The molecule has 0 radical (unpaired) electrons. The van der Waals surface area contributed by atoms with E-state index < -0.39 is 13.5 Å². The molecule has 1 aliphatic rings. The number of benzene rings is 1. The van der Waals surface area contributed by atoms with E-state index in [1.165, 1.54) is 7.11 Å². The van der Waals surface area contributed by atoms with Crippen molar-refractivity contribution in [2.75, 3.05) is 13.3 Å². The molecule has 0 heterocycles. The highest BCUT2D eigenvalue weighted by Crippen LogP contribution is 2.32. The number of esters is 1. The molecular weight excluding hydrogens is 342 g/mol. The number of ether oxygens (including phenoxy) is 1. The molecule has 0 bridgehead atoms. The van der Waals surface area contributed by atoms with Crippen LogP contribution in [0.5, 0.6) is 0 Å². The number of hydrogen-bond donors (Lipinski definition) is 0. The summed E-state index contributed by atoms with van der Waals surface area (Å²) in [5.41, 5.74) is 0.110. The van der Waals surface area contributed by atoms with E-state index in [4.69, 9.17) is 4.74 Å². The second-order valence-corrected chi connectivity index (χ2v) is 13.5. The molecule has 0 N–H and O–H groups in total. The molecule has 26 heavy (non-hydrogen) atoms. The van der Waals surface area contributed by atoms with Crippen molar-refractivity contribution in [1.29, 1.82) is 0 Å². The van der Waals surface area contributed by atoms with Gasteiger partial charge in [-0.15, -0.1) is 0 Å². The summed E-state index contributed by atoms with van der Waals surface area (Å²) in [6.45, 7) is 7.30. The van der Waals surface area contributed by atoms with E-state index in [-0.39, 0.29) is 18.3 Å². The van der Waals surface area contributed by atoms with Crippen LogP contribution in [-0.2, 0) is 20.9 Å². The van der Waals surface area contributed by atoms with Crippen LogP contribution < -0.4 is 0 Å². The fourth-order valence-electron chi connectivity index (χ4n) is 3.18. The molecule has 140 valence electrons. The minimum Gasteiger partial charge on any atom is -0.468 e. The minimum absolute atomic E-state index is 0.0159. The van der Waals surface area contributed by atoms with Crippen LogP contribution in [-0.4, -0.2) is 38.1 Å². The summed E-state index contributed by atoms with van der Waals surface area (Å²) in [5, 5.41) is 0. The normalized spacial score (nSPS) is 15.5. The summed E-state index contributed by atoms with van der Waals surface area (Å²) in [6, 6.07) is 9.99. The summed E-state index contributed by atoms with van der Waals surface area (Å²) in [4.78, 5) is 27.5. The van der Waals surface area contributed by atoms with E-state index in [0.717, 1.165) is 18.2 Å². The number of hydrogen-bond acceptors (Lipinski definition) is 3. The van der Waals surface area contributed by atoms with Crippen molar-refractivity contribution in [3.8, 4) is 0 Å². The van der Waals surface area contributed by atoms with Crippen molar-refractivity contribution >= 4 is 20.0 Å². The maximum atomic E-state index is 13.2. The first-order valence-corrected chi connectivity index (χ1v) is 12.7. The number of methoxy groups -OCH3 is 1. The van der Waals surface area contributed by atoms with Crippen LogP contribution in [0.2, 0.25) is 19.6 Å². The predicted molar refractivity (Wildman–Crippen MR) is 107 cm³/mol. The number of nitrogens with zero attached hydrogens (tertiary/aromatic N) is 1.